The summed E-state index contributed by atoms with van der Waals surface area (Å²) in [5.41, 5.74) is -0.721. The minimum Gasteiger partial charge on any atom is -0.497 e. The molecule has 7 atom stereocenters. The lowest BCUT2D eigenvalue weighted by Crippen LogP contribution is -2.56. The van der Waals surface area contributed by atoms with Gasteiger partial charge in [0.15, 0.2) is 0 Å². The Bertz CT molecular complexity index is 1400. The van der Waals surface area contributed by atoms with Crippen molar-refractivity contribution >= 4 is 28.7 Å². The van der Waals surface area contributed by atoms with Crippen molar-refractivity contribution in [1.82, 2.24) is 20.5 Å². The molecule has 1 saturated carbocycles. The van der Waals surface area contributed by atoms with Crippen LogP contribution in [0.15, 0.2) is 42.6 Å². The van der Waals surface area contributed by atoms with Gasteiger partial charge in [0.05, 0.1) is 13.7 Å². The minimum atomic E-state index is -0.862. The summed E-state index contributed by atoms with van der Waals surface area (Å²) in [6.45, 7) is 9.71. The van der Waals surface area contributed by atoms with E-state index in [1.165, 1.54) is 0 Å². The highest BCUT2D eigenvalue weighted by atomic mass is 16.6. The van der Waals surface area contributed by atoms with E-state index < -0.39 is 29.9 Å². The van der Waals surface area contributed by atoms with Gasteiger partial charge < -0.3 is 29.7 Å². The Hall–Kier alpha value is -3.82. The van der Waals surface area contributed by atoms with E-state index in [4.69, 9.17) is 14.2 Å². The predicted octanol–water partition coefficient (Wildman–Crippen LogP) is 5.00. The second-order valence-electron chi connectivity index (χ2n) is 13.6. The Labute approximate surface area is 259 Å². The molecule has 3 aliphatic rings. The largest absolute Gasteiger partial charge is 0.497 e. The summed E-state index contributed by atoms with van der Waals surface area (Å²) >= 11 is 0. The quantitative estimate of drug-likeness (QED) is 0.470. The van der Waals surface area contributed by atoms with Crippen LogP contribution in [0.3, 0.4) is 0 Å². The maximum Gasteiger partial charge on any atom is 0.408 e. The number of hydrogen-bond acceptors (Lipinski definition) is 7. The van der Waals surface area contributed by atoms with Crippen LogP contribution in [-0.4, -0.2) is 71.3 Å². The Morgan fingerprint density at radius 3 is 2.66 bits per heavy atom. The predicted molar refractivity (Wildman–Crippen MR) is 167 cm³/mol. The molecular formula is C34H46N4O6. The third-order valence-corrected chi connectivity index (χ3v) is 8.72. The zero-order valence-electron chi connectivity index (χ0n) is 26.7. The number of methoxy groups -OCH3 is 1. The van der Waals surface area contributed by atoms with E-state index in [1.54, 1.807) is 39.0 Å². The molecule has 2 N–H and O–H groups in total. The van der Waals surface area contributed by atoms with Gasteiger partial charge in [-0.25, -0.2) is 9.78 Å². The smallest absolute Gasteiger partial charge is 0.408 e. The van der Waals surface area contributed by atoms with Gasteiger partial charge in [-0.15, -0.1) is 0 Å². The maximum atomic E-state index is 14.4. The van der Waals surface area contributed by atoms with Crippen LogP contribution in [0, 0.1) is 17.8 Å². The third kappa shape index (κ3) is 7.63. The van der Waals surface area contributed by atoms with Crippen LogP contribution in [0.5, 0.6) is 11.6 Å². The first-order chi connectivity index (χ1) is 20.9. The molecule has 2 aliphatic heterocycles. The molecule has 3 heterocycles. The second kappa shape index (κ2) is 13.0. The normalized spacial score (nSPS) is 29.5. The lowest BCUT2D eigenvalue weighted by Gasteiger charge is -2.33. The van der Waals surface area contributed by atoms with E-state index in [-0.39, 0.29) is 30.3 Å². The molecule has 2 aromatic rings. The SMILES string of the molecule is COc1ccc2c(OC3CC4C(=O)NC5CC5C=CCCC(C)CC(C)C(NC(=O)OC(C)(C)C)C(=O)N4C3)nccc2c1. The molecule has 1 aromatic carbocycles. The Balaban J connectivity index is 1.43. The molecule has 238 valence electrons. The first kappa shape index (κ1) is 31.6. The maximum absolute atomic E-state index is 14.4. The van der Waals surface area contributed by atoms with Crippen molar-refractivity contribution in [3.8, 4) is 11.6 Å². The van der Waals surface area contributed by atoms with Crippen LogP contribution >= 0.6 is 0 Å². The number of pyridine rings is 1. The van der Waals surface area contributed by atoms with E-state index in [0.29, 0.717) is 24.1 Å². The zero-order valence-corrected chi connectivity index (χ0v) is 26.7. The highest BCUT2D eigenvalue weighted by molar-refractivity contribution is 5.92. The van der Waals surface area contributed by atoms with Crippen LogP contribution < -0.4 is 20.1 Å². The van der Waals surface area contributed by atoms with Gasteiger partial charge in [-0.1, -0.05) is 26.0 Å². The molecule has 10 nitrogen and oxygen atoms in total. The van der Waals surface area contributed by atoms with E-state index >= 15 is 0 Å². The number of carbonyl (C=O) groups is 3. The van der Waals surface area contributed by atoms with E-state index in [0.717, 1.165) is 42.2 Å². The molecule has 2 fully saturated rings. The highest BCUT2D eigenvalue weighted by Crippen LogP contribution is 2.35. The Morgan fingerprint density at radius 2 is 1.91 bits per heavy atom. The van der Waals surface area contributed by atoms with Crippen molar-refractivity contribution in [1.29, 1.82) is 0 Å². The molecule has 3 amide bonds. The number of fused-ring (bicyclic) bond motifs is 3. The number of aromatic nitrogens is 1. The van der Waals surface area contributed by atoms with Crippen molar-refractivity contribution < 1.29 is 28.6 Å². The van der Waals surface area contributed by atoms with Crippen molar-refractivity contribution in [2.75, 3.05) is 13.7 Å². The number of benzene rings is 1. The van der Waals surface area contributed by atoms with Crippen LogP contribution in [-0.2, 0) is 14.3 Å². The first-order valence-electron chi connectivity index (χ1n) is 15.8. The molecule has 0 spiro atoms. The van der Waals surface area contributed by atoms with Crippen LogP contribution in [0.2, 0.25) is 0 Å². The summed E-state index contributed by atoms with van der Waals surface area (Å²) in [6.07, 6.45) is 8.81. The summed E-state index contributed by atoms with van der Waals surface area (Å²) < 4.78 is 17.3. The summed E-state index contributed by atoms with van der Waals surface area (Å²) in [4.78, 5) is 47.1. The highest BCUT2D eigenvalue weighted by Gasteiger charge is 2.47. The summed E-state index contributed by atoms with van der Waals surface area (Å²) in [6, 6.07) is 5.99. The molecule has 1 saturated heterocycles. The summed E-state index contributed by atoms with van der Waals surface area (Å²) in [5.74, 6) is 1.12. The fraction of sp³-hybridized carbons (Fsp3) is 0.588. The van der Waals surface area contributed by atoms with Crippen LogP contribution in [0.1, 0.15) is 66.7 Å². The molecule has 7 unspecified atom stereocenters. The lowest BCUT2D eigenvalue weighted by molar-refractivity contribution is -0.141. The number of ether oxygens (including phenoxy) is 3. The number of nitrogens with zero attached hydrogens (tertiary/aromatic N) is 2. The van der Waals surface area contributed by atoms with E-state index in [1.807, 2.05) is 31.2 Å². The summed E-state index contributed by atoms with van der Waals surface area (Å²) in [7, 11) is 1.62. The van der Waals surface area contributed by atoms with Crippen molar-refractivity contribution in [3.63, 3.8) is 0 Å². The number of allylic oxidation sites excluding steroid dienone is 1. The zero-order chi connectivity index (χ0) is 31.6. The van der Waals surface area contributed by atoms with Crippen LogP contribution in [0.25, 0.3) is 10.8 Å². The molecule has 44 heavy (non-hydrogen) atoms. The monoisotopic (exact) mass is 606 g/mol. The number of rotatable bonds is 4. The Kier molecular flexibility index (Phi) is 9.37. The van der Waals surface area contributed by atoms with Crippen molar-refractivity contribution in [2.45, 2.75) is 96.6 Å². The van der Waals surface area contributed by atoms with Gasteiger partial charge in [-0.3, -0.25) is 9.59 Å². The Morgan fingerprint density at radius 1 is 1.11 bits per heavy atom. The van der Waals surface area contributed by atoms with Gasteiger partial charge in [0.25, 0.3) is 0 Å². The first-order valence-corrected chi connectivity index (χ1v) is 15.8. The molecule has 1 aliphatic carbocycles. The second-order valence-corrected chi connectivity index (χ2v) is 13.6. The standard InChI is InChI=1S/C34H46N4O6/c1-20-9-7-8-10-23-17-27(23)36-30(39)28-18-25(43-31-26-12-11-24(42-6)16-22(26)13-14-35-31)19-38(28)32(40)29(21(2)15-20)37-33(41)44-34(3,4)5/h8,10-14,16,20-21,23,25,27-29H,7,9,15,17-19H2,1-6H3,(H,36,39)(H,37,41). The van der Waals surface area contributed by atoms with Gasteiger partial charge in [0.2, 0.25) is 17.7 Å². The fourth-order valence-corrected chi connectivity index (χ4v) is 6.36. The van der Waals surface area contributed by atoms with E-state index in [2.05, 4.69) is 34.7 Å². The minimum absolute atomic E-state index is 0.0579. The number of amides is 3. The average molecular weight is 607 g/mol. The van der Waals surface area contributed by atoms with E-state index in [9.17, 15) is 14.4 Å². The van der Waals surface area contributed by atoms with Gasteiger partial charge in [-0.2, -0.15) is 0 Å². The fourth-order valence-electron chi connectivity index (χ4n) is 6.36. The van der Waals surface area contributed by atoms with Gasteiger partial charge >= 0.3 is 6.09 Å². The van der Waals surface area contributed by atoms with Gasteiger partial charge in [0, 0.05) is 24.0 Å². The number of hydrogen-bond donors (Lipinski definition) is 2. The molecule has 10 heteroatoms. The molecule has 0 bridgehead atoms. The van der Waals surface area contributed by atoms with Gasteiger partial charge in [0.1, 0.15) is 29.5 Å². The topological polar surface area (TPSA) is 119 Å². The van der Waals surface area contributed by atoms with Crippen LogP contribution in [0.4, 0.5) is 4.79 Å². The summed E-state index contributed by atoms with van der Waals surface area (Å²) in [5, 5.41) is 7.76. The average Bonchev–Trinajstić information content (AvgIpc) is 3.55. The van der Waals surface area contributed by atoms with Gasteiger partial charge in [-0.05, 0) is 93.9 Å². The number of alkyl carbamates (subject to hydrolysis) is 1. The lowest BCUT2D eigenvalue weighted by atomic mass is 9.88. The third-order valence-electron chi connectivity index (χ3n) is 8.72. The van der Waals surface area contributed by atoms with Crippen molar-refractivity contribution in [3.05, 3.63) is 42.6 Å². The van der Waals surface area contributed by atoms with Crippen molar-refractivity contribution in [2.24, 2.45) is 17.8 Å². The molecule has 0 radical (unpaired) electrons. The molecule has 1 aromatic heterocycles. The molecular weight excluding hydrogens is 560 g/mol. The number of nitrogens with one attached hydrogen (secondary N) is 2. The number of carbonyl (C=O) groups excluding carboxylic acids is 3. The molecule has 5 rings (SSSR count).